The normalized spacial score (nSPS) is 18.9. The Balaban J connectivity index is 1.58. The molecule has 1 aliphatic rings. The first-order valence-electron chi connectivity index (χ1n) is 10.9. The van der Waals surface area contributed by atoms with E-state index in [1.54, 1.807) is 0 Å². The van der Waals surface area contributed by atoms with E-state index in [4.69, 9.17) is 4.74 Å². The Kier molecular flexibility index (Phi) is 6.75. The Morgan fingerprint density at radius 3 is 2.35 bits per heavy atom. The highest BCUT2D eigenvalue weighted by atomic mass is 19.3. The van der Waals surface area contributed by atoms with Crippen molar-refractivity contribution in [2.75, 3.05) is 6.61 Å². The van der Waals surface area contributed by atoms with Crippen molar-refractivity contribution in [1.82, 2.24) is 0 Å². The average molecular weight is 486 g/mol. The van der Waals surface area contributed by atoms with Crippen molar-refractivity contribution in [3.05, 3.63) is 76.6 Å². The summed E-state index contributed by atoms with van der Waals surface area (Å²) in [4.78, 5) is 0. The minimum atomic E-state index is -4.31. The fourth-order valence-corrected chi connectivity index (χ4v) is 4.27. The van der Waals surface area contributed by atoms with Crippen molar-refractivity contribution in [1.29, 1.82) is 0 Å². The second-order valence-corrected chi connectivity index (χ2v) is 8.37. The molecule has 9 heteroatoms. The molecule has 3 aromatic rings. The number of hydrogen-bond donors (Lipinski definition) is 0. The predicted molar refractivity (Wildman–Crippen MR) is 111 cm³/mol. The topological polar surface area (TPSA) is 18.5 Å². The summed E-state index contributed by atoms with van der Waals surface area (Å²) < 4.78 is 110. The molecule has 3 aromatic carbocycles. The van der Waals surface area contributed by atoms with Crippen LogP contribution in [-0.4, -0.2) is 6.61 Å². The monoisotopic (exact) mass is 486 g/mol. The molecule has 1 saturated heterocycles. The van der Waals surface area contributed by atoms with Crippen LogP contribution in [0.3, 0.4) is 0 Å². The maximum atomic E-state index is 14.7. The molecular formula is C25H21F7O2. The van der Waals surface area contributed by atoms with Crippen LogP contribution in [0.2, 0.25) is 0 Å². The van der Waals surface area contributed by atoms with Gasteiger partial charge in [-0.15, -0.1) is 0 Å². The molecule has 1 fully saturated rings. The Bertz CT molecular complexity index is 1200. The molecule has 1 heterocycles. The van der Waals surface area contributed by atoms with E-state index in [-0.39, 0.29) is 16.3 Å². The van der Waals surface area contributed by atoms with Gasteiger partial charge in [0.1, 0.15) is 11.3 Å². The molecule has 2 nitrogen and oxygen atoms in total. The van der Waals surface area contributed by atoms with Crippen molar-refractivity contribution in [2.24, 2.45) is 5.92 Å². The van der Waals surface area contributed by atoms with Crippen molar-refractivity contribution in [3.63, 3.8) is 0 Å². The van der Waals surface area contributed by atoms with Gasteiger partial charge in [0.25, 0.3) is 0 Å². The van der Waals surface area contributed by atoms with Gasteiger partial charge in [0.2, 0.25) is 0 Å². The highest BCUT2D eigenvalue weighted by Gasteiger charge is 2.40. The lowest BCUT2D eigenvalue weighted by molar-refractivity contribution is -0.187. The van der Waals surface area contributed by atoms with Gasteiger partial charge in [-0.3, -0.25) is 0 Å². The summed E-state index contributed by atoms with van der Waals surface area (Å²) in [7, 11) is 0. The van der Waals surface area contributed by atoms with Crippen molar-refractivity contribution >= 4 is 10.8 Å². The second kappa shape index (κ2) is 9.44. The van der Waals surface area contributed by atoms with E-state index in [2.05, 4.69) is 4.74 Å². The first-order valence-corrected chi connectivity index (χ1v) is 10.9. The summed E-state index contributed by atoms with van der Waals surface area (Å²) in [5.41, 5.74) is -1.49. The van der Waals surface area contributed by atoms with E-state index >= 15 is 0 Å². The number of ether oxygens (including phenoxy) is 2. The van der Waals surface area contributed by atoms with Gasteiger partial charge in [-0.05, 0) is 60.9 Å². The van der Waals surface area contributed by atoms with Gasteiger partial charge in [0.05, 0.1) is 12.7 Å². The van der Waals surface area contributed by atoms with Crippen LogP contribution in [0.15, 0.2) is 36.4 Å². The highest BCUT2D eigenvalue weighted by Crippen LogP contribution is 2.39. The Morgan fingerprint density at radius 1 is 0.912 bits per heavy atom. The molecule has 0 spiro atoms. The van der Waals surface area contributed by atoms with Gasteiger partial charge < -0.3 is 9.47 Å². The zero-order valence-electron chi connectivity index (χ0n) is 18.1. The number of fused-ring (bicyclic) bond motifs is 1. The van der Waals surface area contributed by atoms with Gasteiger partial charge in [-0.1, -0.05) is 19.4 Å². The number of alkyl halides is 2. The summed E-state index contributed by atoms with van der Waals surface area (Å²) in [5.74, 6) is -8.17. The number of halogens is 7. The molecule has 4 rings (SSSR count). The summed E-state index contributed by atoms with van der Waals surface area (Å²) in [6, 6.07) is 5.05. The van der Waals surface area contributed by atoms with E-state index in [0.717, 1.165) is 49.6 Å². The maximum Gasteiger partial charge on any atom is 0.429 e. The molecule has 0 bridgehead atoms. The zero-order valence-corrected chi connectivity index (χ0v) is 18.1. The van der Waals surface area contributed by atoms with Crippen LogP contribution in [0.1, 0.15) is 49.8 Å². The standard InChI is InChI=1S/C25H21F7O2/c1-2-3-13-4-9-20(33-12-13)17-7-8-18(23(29)22(17)28)25(31,32)34-15-5-6-16-14(10-15)11-19(26)24(30)21(16)27/h5-8,10-11,13,20H,2-4,9,12H2,1H3. The lowest BCUT2D eigenvalue weighted by Crippen LogP contribution is -2.25. The smallest absolute Gasteiger partial charge is 0.429 e. The molecule has 0 amide bonds. The van der Waals surface area contributed by atoms with E-state index in [9.17, 15) is 30.7 Å². The number of rotatable bonds is 6. The number of benzene rings is 3. The van der Waals surface area contributed by atoms with E-state index in [1.807, 2.05) is 6.92 Å². The quantitative estimate of drug-likeness (QED) is 0.260. The van der Waals surface area contributed by atoms with Crippen molar-refractivity contribution in [3.8, 4) is 5.75 Å². The first kappa shape index (κ1) is 24.3. The molecule has 0 aromatic heterocycles. The molecule has 2 atom stereocenters. The van der Waals surface area contributed by atoms with Gasteiger partial charge in [0.15, 0.2) is 29.1 Å². The van der Waals surface area contributed by atoms with E-state index < -0.39 is 52.6 Å². The lowest BCUT2D eigenvalue weighted by Gasteiger charge is -2.30. The average Bonchev–Trinajstić information content (AvgIpc) is 2.79. The largest absolute Gasteiger partial charge is 0.429 e. The van der Waals surface area contributed by atoms with Crippen LogP contribution in [-0.2, 0) is 10.8 Å². The summed E-state index contributed by atoms with van der Waals surface area (Å²) >= 11 is 0. The van der Waals surface area contributed by atoms with E-state index in [1.165, 1.54) is 0 Å². The summed E-state index contributed by atoms with van der Waals surface area (Å²) in [6.07, 6.45) is -1.92. The maximum absolute atomic E-state index is 14.7. The molecule has 2 unspecified atom stereocenters. The molecule has 0 radical (unpaired) electrons. The predicted octanol–water partition coefficient (Wildman–Crippen LogP) is 7.93. The van der Waals surface area contributed by atoms with Gasteiger partial charge in [-0.2, -0.15) is 8.78 Å². The van der Waals surface area contributed by atoms with Gasteiger partial charge in [0, 0.05) is 10.9 Å². The SMILES string of the molecule is CCCC1CCC(c2ccc(C(F)(F)Oc3ccc4c(F)c(F)c(F)cc4c3)c(F)c2F)OC1. The summed E-state index contributed by atoms with van der Waals surface area (Å²) in [5, 5.41) is -0.604. The fourth-order valence-electron chi connectivity index (χ4n) is 4.27. The van der Waals surface area contributed by atoms with Crippen LogP contribution < -0.4 is 4.74 Å². The Labute approximate surface area is 191 Å². The fraction of sp³-hybridized carbons (Fsp3) is 0.360. The van der Waals surface area contributed by atoms with Gasteiger partial charge in [-0.25, -0.2) is 22.0 Å². The molecule has 1 aliphatic heterocycles. The molecule has 0 aliphatic carbocycles. The first-order chi connectivity index (χ1) is 16.1. The molecule has 34 heavy (non-hydrogen) atoms. The Hall–Kier alpha value is -2.81. The third-order valence-electron chi connectivity index (χ3n) is 6.03. The third-order valence-corrected chi connectivity index (χ3v) is 6.03. The van der Waals surface area contributed by atoms with Crippen LogP contribution in [0.4, 0.5) is 30.7 Å². The molecule has 0 saturated carbocycles. The lowest BCUT2D eigenvalue weighted by atomic mass is 9.91. The van der Waals surface area contributed by atoms with Crippen molar-refractivity contribution < 1.29 is 40.2 Å². The molecule has 0 N–H and O–H groups in total. The Morgan fingerprint density at radius 2 is 1.68 bits per heavy atom. The van der Waals surface area contributed by atoms with Crippen LogP contribution in [0.5, 0.6) is 5.75 Å². The third kappa shape index (κ3) is 4.58. The van der Waals surface area contributed by atoms with Crippen LogP contribution in [0, 0.1) is 35.0 Å². The summed E-state index contributed by atoms with van der Waals surface area (Å²) in [6.45, 7) is 2.42. The molecular weight excluding hydrogens is 465 g/mol. The minimum Gasteiger partial charge on any atom is -0.429 e. The molecule has 182 valence electrons. The minimum absolute atomic E-state index is 0.148. The van der Waals surface area contributed by atoms with Gasteiger partial charge >= 0.3 is 6.11 Å². The van der Waals surface area contributed by atoms with Crippen LogP contribution in [0.25, 0.3) is 10.8 Å². The van der Waals surface area contributed by atoms with Crippen LogP contribution >= 0.6 is 0 Å². The number of hydrogen-bond acceptors (Lipinski definition) is 2. The van der Waals surface area contributed by atoms with E-state index in [0.29, 0.717) is 25.0 Å². The van der Waals surface area contributed by atoms with Crippen molar-refractivity contribution in [2.45, 2.75) is 44.8 Å². The highest BCUT2D eigenvalue weighted by molar-refractivity contribution is 5.84. The second-order valence-electron chi connectivity index (χ2n) is 8.37. The zero-order chi connectivity index (χ0) is 24.6.